The molecule has 0 amide bonds. The Balaban J connectivity index is 0.00000567. The molecule has 2 aromatic heterocycles. The van der Waals surface area contributed by atoms with E-state index in [-0.39, 0.29) is 32.2 Å². The number of hydrogen-bond donors (Lipinski definition) is 1. The molecule has 9 aromatic carbocycles. The molecule has 5 heteroatoms. The minimum atomic E-state index is -0.0929. The van der Waals surface area contributed by atoms with Gasteiger partial charge < -0.3 is 5.11 Å². The number of hydrogen-bond acceptors (Lipinski definition) is 3. The van der Waals surface area contributed by atoms with Gasteiger partial charge in [-0.1, -0.05) is 207 Å². The molecular weight excluding hydrogens is 1030 g/mol. The van der Waals surface area contributed by atoms with Gasteiger partial charge in [-0.3, -0.25) is 9.55 Å². The summed E-state index contributed by atoms with van der Waals surface area (Å²) >= 11 is 0. The molecule has 0 atom stereocenters. The number of nitrogens with zero attached hydrogens (tertiary/aromatic N) is 3. The Labute approximate surface area is 424 Å². The third-order valence-corrected chi connectivity index (χ3v) is 13.1. The summed E-state index contributed by atoms with van der Waals surface area (Å²) in [4.78, 5) is 10.4. The monoisotopic (exact) mass is 1080 g/mol. The van der Waals surface area contributed by atoms with Gasteiger partial charge in [0.05, 0.1) is 22.3 Å². The maximum atomic E-state index is 11.5. The fourth-order valence-corrected chi connectivity index (χ4v) is 9.71. The Morgan fingerprint density at radius 1 is 0.471 bits per heavy atom. The predicted octanol–water partition coefficient (Wildman–Crippen LogP) is 16.9. The Hall–Kier alpha value is -7.91. The maximum absolute atomic E-state index is 11.5. The molecule has 0 aliphatic heterocycles. The van der Waals surface area contributed by atoms with E-state index in [1.54, 1.807) is 6.07 Å². The van der Waals surface area contributed by atoms with Gasteiger partial charge >= 0.3 is 0 Å². The number of aromatic hydroxyl groups is 1. The van der Waals surface area contributed by atoms with Crippen LogP contribution < -0.4 is 0 Å². The van der Waals surface area contributed by atoms with Crippen molar-refractivity contribution >= 4 is 11.0 Å². The van der Waals surface area contributed by atoms with Gasteiger partial charge in [-0.05, 0) is 110 Å². The van der Waals surface area contributed by atoms with Crippen molar-refractivity contribution in [2.75, 3.05) is 0 Å². The molecule has 1 N–H and O–H groups in total. The molecule has 0 bridgehead atoms. The van der Waals surface area contributed by atoms with Crippen LogP contribution in [-0.4, -0.2) is 19.6 Å². The van der Waals surface area contributed by atoms with Gasteiger partial charge in [0, 0.05) is 33.0 Å². The van der Waals surface area contributed by atoms with Crippen LogP contribution in [0.15, 0.2) is 225 Å². The van der Waals surface area contributed by atoms with Crippen LogP contribution in [0.25, 0.3) is 106 Å². The fraction of sp³-hybridized carbons (Fsp3) is 0.0769. The molecule has 4 nitrogen and oxygen atoms in total. The molecule has 0 aliphatic carbocycles. The second-order valence-electron chi connectivity index (χ2n) is 18.7. The van der Waals surface area contributed by atoms with Crippen LogP contribution in [0.2, 0.25) is 0 Å². The van der Waals surface area contributed by atoms with Gasteiger partial charge in [0.15, 0.2) is 0 Å². The molecule has 2 heterocycles. The molecule has 0 unspecified atom stereocenters. The van der Waals surface area contributed by atoms with Crippen molar-refractivity contribution in [3.8, 4) is 101 Å². The largest absolute Gasteiger partial charge is 0.507 e. The van der Waals surface area contributed by atoms with E-state index >= 15 is 0 Å². The first-order valence-electron chi connectivity index (χ1n) is 23.5. The third-order valence-electron chi connectivity index (χ3n) is 13.1. The van der Waals surface area contributed by atoms with Gasteiger partial charge in [0.2, 0.25) is 0 Å². The number of phenols is 1. The van der Waals surface area contributed by atoms with E-state index in [9.17, 15) is 5.11 Å². The molecule has 70 heavy (non-hydrogen) atoms. The van der Waals surface area contributed by atoms with Crippen molar-refractivity contribution in [1.29, 1.82) is 0 Å². The summed E-state index contributed by atoms with van der Waals surface area (Å²) in [5.41, 5.74) is 20.6. The molecule has 11 rings (SSSR count). The maximum Gasteiger partial charge on any atom is 0.148 e. The summed E-state index contributed by atoms with van der Waals surface area (Å²) in [6.07, 6.45) is 1.89. The van der Waals surface area contributed by atoms with Crippen molar-refractivity contribution in [3.63, 3.8) is 0 Å². The Kier molecular flexibility index (Phi) is 12.6. The average Bonchev–Trinajstić information content (AvgIpc) is 3.78. The van der Waals surface area contributed by atoms with E-state index in [0.717, 1.165) is 72.5 Å². The van der Waals surface area contributed by atoms with Gasteiger partial charge in [0.1, 0.15) is 11.6 Å². The number of benzene rings is 9. The summed E-state index contributed by atoms with van der Waals surface area (Å²) < 4.78 is 2.21. The van der Waals surface area contributed by atoms with Gasteiger partial charge in [-0.2, -0.15) is 0 Å². The molecule has 0 saturated carbocycles. The van der Waals surface area contributed by atoms with E-state index < -0.39 is 0 Å². The molecule has 0 fully saturated rings. The SMILES string of the molecule is Cc1cc(-c2c(-c3ccccc3)cccc2C(C)(C)C)ccc1-n1c(-c2ccccc2O)nc2c(-c3[c-]c(-c4cc(-c5ccc(-c6ccccc6)cc5)ccn4)cc(-c4ccccc4)c3)cccc21.[Pt]. The van der Waals surface area contributed by atoms with Gasteiger partial charge in [0.25, 0.3) is 0 Å². The smallest absolute Gasteiger partial charge is 0.148 e. The number of para-hydroxylation sites is 2. The minimum Gasteiger partial charge on any atom is -0.507 e. The van der Waals surface area contributed by atoms with E-state index in [1.807, 2.05) is 36.5 Å². The topological polar surface area (TPSA) is 50.9 Å². The van der Waals surface area contributed by atoms with Crippen molar-refractivity contribution in [2.45, 2.75) is 33.1 Å². The second kappa shape index (κ2) is 19.2. The Morgan fingerprint density at radius 2 is 1.03 bits per heavy atom. The zero-order chi connectivity index (χ0) is 47.1. The van der Waals surface area contributed by atoms with Crippen LogP contribution in [-0.2, 0) is 26.5 Å². The summed E-state index contributed by atoms with van der Waals surface area (Å²) in [6.45, 7) is 9.02. The summed E-state index contributed by atoms with van der Waals surface area (Å²) in [7, 11) is 0. The molecule has 342 valence electrons. The van der Waals surface area contributed by atoms with E-state index in [2.05, 4.69) is 220 Å². The van der Waals surface area contributed by atoms with Crippen molar-refractivity contribution in [2.24, 2.45) is 0 Å². The quantitative estimate of drug-likeness (QED) is 0.147. The van der Waals surface area contributed by atoms with Crippen molar-refractivity contribution < 1.29 is 26.2 Å². The van der Waals surface area contributed by atoms with Crippen LogP contribution in [0.4, 0.5) is 0 Å². The van der Waals surface area contributed by atoms with E-state index in [1.165, 1.54) is 33.4 Å². The molecule has 0 spiro atoms. The summed E-state index contributed by atoms with van der Waals surface area (Å²) in [6, 6.07) is 80.0. The van der Waals surface area contributed by atoms with Crippen LogP contribution in [0.1, 0.15) is 31.9 Å². The first-order chi connectivity index (χ1) is 33.7. The van der Waals surface area contributed by atoms with E-state index in [0.29, 0.717) is 11.4 Å². The first-order valence-corrected chi connectivity index (χ1v) is 23.5. The number of phenolic OH excluding ortho intramolecular Hbond substituents is 1. The normalized spacial score (nSPS) is 11.4. The van der Waals surface area contributed by atoms with Crippen molar-refractivity contribution in [3.05, 3.63) is 242 Å². The summed E-state index contributed by atoms with van der Waals surface area (Å²) in [5.74, 6) is 0.815. The van der Waals surface area contributed by atoms with E-state index in [4.69, 9.17) is 9.97 Å². The molecular formula is C65H50N3OPt-. The Morgan fingerprint density at radius 3 is 1.70 bits per heavy atom. The van der Waals surface area contributed by atoms with Crippen LogP contribution >= 0.6 is 0 Å². The second-order valence-corrected chi connectivity index (χ2v) is 18.7. The number of fused-ring (bicyclic) bond motifs is 1. The molecule has 0 radical (unpaired) electrons. The average molecular weight is 1080 g/mol. The molecule has 0 aliphatic rings. The van der Waals surface area contributed by atoms with Crippen LogP contribution in [0.5, 0.6) is 5.75 Å². The van der Waals surface area contributed by atoms with Crippen LogP contribution in [0.3, 0.4) is 0 Å². The zero-order valence-corrected chi connectivity index (χ0v) is 41.7. The van der Waals surface area contributed by atoms with Crippen molar-refractivity contribution in [1.82, 2.24) is 14.5 Å². The third kappa shape index (κ3) is 8.84. The standard InChI is InChI=1S/C65H50N3O.Pt/c1-43-38-50(62-54(48-22-12-7-13-23-48)25-16-27-57(62)65(2,3)4)34-35-59(43)68-60-28-17-26-55(63(60)67-64(68)56-24-14-15-29-61(56)69)52-39-51(45-20-10-6-11-21-45)40-53(41-52)58-42-49(36-37-66-58)47-32-30-46(31-33-47)44-18-8-5-9-19-44;/h5-40,42,69H,1-4H3;/q-1;. The number of pyridine rings is 1. The first kappa shape index (κ1) is 45.8. The number of rotatable bonds is 9. The molecule has 11 aromatic rings. The predicted molar refractivity (Wildman–Crippen MR) is 286 cm³/mol. The minimum absolute atomic E-state index is 0. The van der Waals surface area contributed by atoms with Gasteiger partial charge in [-0.15, -0.1) is 23.8 Å². The zero-order valence-electron chi connectivity index (χ0n) is 39.5. The number of imidazole rings is 1. The Bertz CT molecular complexity index is 3650. The van der Waals surface area contributed by atoms with Crippen LogP contribution in [0, 0.1) is 13.0 Å². The van der Waals surface area contributed by atoms with Gasteiger partial charge in [-0.25, -0.2) is 4.98 Å². The fourth-order valence-electron chi connectivity index (χ4n) is 9.71. The summed E-state index contributed by atoms with van der Waals surface area (Å²) in [5, 5.41) is 11.5. The molecule has 0 saturated heterocycles. The number of aromatic nitrogens is 3. The number of aryl methyl sites for hydroxylation is 1.